The SMILES string of the molecule is COc1ccc(C(=O)N2CCCN(C(=O)OC(C)(C)C)CC2)cc1[N+](=O)[O-]. The van der Waals surface area contributed by atoms with Gasteiger partial charge in [0.25, 0.3) is 5.91 Å². The fourth-order valence-electron chi connectivity index (χ4n) is 2.78. The van der Waals surface area contributed by atoms with E-state index in [1.165, 1.54) is 25.3 Å². The van der Waals surface area contributed by atoms with Crippen LogP contribution in [0, 0.1) is 10.1 Å². The van der Waals surface area contributed by atoms with Crippen molar-refractivity contribution in [3.05, 3.63) is 33.9 Å². The predicted molar refractivity (Wildman–Crippen MR) is 98.0 cm³/mol. The third-order valence-electron chi connectivity index (χ3n) is 4.06. The standard InChI is InChI=1S/C18H25N3O6/c1-18(2,3)27-17(23)20-9-5-8-19(10-11-20)16(22)13-6-7-15(26-4)14(12-13)21(24)25/h6-7,12H,5,8-11H2,1-4H3. The Hall–Kier alpha value is -2.84. The minimum absolute atomic E-state index is 0.100. The lowest BCUT2D eigenvalue weighted by molar-refractivity contribution is -0.385. The van der Waals surface area contributed by atoms with Gasteiger partial charge in [-0.2, -0.15) is 0 Å². The number of nitrogens with zero attached hydrogens (tertiary/aromatic N) is 3. The summed E-state index contributed by atoms with van der Waals surface area (Å²) in [4.78, 5) is 38.7. The number of methoxy groups -OCH3 is 1. The minimum atomic E-state index is -0.582. The van der Waals surface area contributed by atoms with Gasteiger partial charge in [0, 0.05) is 37.8 Å². The van der Waals surface area contributed by atoms with Crippen molar-refractivity contribution in [2.24, 2.45) is 0 Å². The molecule has 1 aromatic carbocycles. The highest BCUT2D eigenvalue weighted by atomic mass is 16.6. The summed E-state index contributed by atoms with van der Waals surface area (Å²) in [6, 6.07) is 4.14. The Morgan fingerprint density at radius 1 is 1.11 bits per heavy atom. The van der Waals surface area contributed by atoms with Gasteiger partial charge in [-0.05, 0) is 39.3 Å². The molecular weight excluding hydrogens is 354 g/mol. The summed E-state index contributed by atoms with van der Waals surface area (Å²) < 4.78 is 10.3. The number of carbonyl (C=O) groups excluding carboxylic acids is 2. The summed E-state index contributed by atoms with van der Waals surface area (Å²) in [5.41, 5.74) is -0.622. The van der Waals surface area contributed by atoms with Gasteiger partial charge < -0.3 is 19.3 Å². The number of benzene rings is 1. The normalized spacial score (nSPS) is 15.1. The largest absolute Gasteiger partial charge is 0.490 e. The van der Waals surface area contributed by atoms with E-state index >= 15 is 0 Å². The van der Waals surface area contributed by atoms with Gasteiger partial charge in [-0.25, -0.2) is 4.79 Å². The van der Waals surface area contributed by atoms with Crippen LogP contribution in [0.5, 0.6) is 5.75 Å². The van der Waals surface area contributed by atoms with E-state index in [1.807, 2.05) is 0 Å². The molecule has 1 heterocycles. The van der Waals surface area contributed by atoms with Crippen LogP contribution in [0.3, 0.4) is 0 Å². The Morgan fingerprint density at radius 2 is 1.74 bits per heavy atom. The second-order valence-corrected chi connectivity index (χ2v) is 7.26. The molecule has 0 aliphatic carbocycles. The summed E-state index contributed by atoms with van der Waals surface area (Å²) in [5, 5.41) is 11.2. The van der Waals surface area contributed by atoms with Crippen LogP contribution in [-0.4, -0.2) is 65.6 Å². The molecule has 0 bridgehead atoms. The first-order chi connectivity index (χ1) is 12.6. The van der Waals surface area contributed by atoms with E-state index in [0.29, 0.717) is 32.6 Å². The molecule has 0 atom stereocenters. The number of carbonyl (C=O) groups is 2. The quantitative estimate of drug-likeness (QED) is 0.591. The summed E-state index contributed by atoms with van der Waals surface area (Å²) >= 11 is 0. The zero-order chi connectivity index (χ0) is 20.2. The highest BCUT2D eigenvalue weighted by Crippen LogP contribution is 2.28. The fraction of sp³-hybridized carbons (Fsp3) is 0.556. The molecule has 0 unspecified atom stereocenters. The van der Waals surface area contributed by atoms with E-state index in [2.05, 4.69) is 0 Å². The van der Waals surface area contributed by atoms with E-state index in [4.69, 9.17) is 9.47 Å². The van der Waals surface area contributed by atoms with E-state index < -0.39 is 16.6 Å². The van der Waals surface area contributed by atoms with Gasteiger partial charge >= 0.3 is 11.8 Å². The van der Waals surface area contributed by atoms with Crippen LogP contribution in [0.2, 0.25) is 0 Å². The van der Waals surface area contributed by atoms with Crippen LogP contribution in [0.15, 0.2) is 18.2 Å². The fourth-order valence-corrected chi connectivity index (χ4v) is 2.78. The molecule has 0 radical (unpaired) electrons. The lowest BCUT2D eigenvalue weighted by Gasteiger charge is -2.26. The Balaban J connectivity index is 2.09. The van der Waals surface area contributed by atoms with Crippen molar-refractivity contribution in [1.82, 2.24) is 9.80 Å². The zero-order valence-corrected chi connectivity index (χ0v) is 16.1. The van der Waals surface area contributed by atoms with Gasteiger partial charge in [-0.15, -0.1) is 0 Å². The van der Waals surface area contributed by atoms with Gasteiger partial charge in [-0.1, -0.05) is 0 Å². The first-order valence-corrected chi connectivity index (χ1v) is 8.72. The molecule has 27 heavy (non-hydrogen) atoms. The van der Waals surface area contributed by atoms with Crippen LogP contribution >= 0.6 is 0 Å². The van der Waals surface area contributed by atoms with Crippen molar-refractivity contribution >= 4 is 17.7 Å². The number of hydrogen-bond donors (Lipinski definition) is 0. The number of amides is 2. The number of ether oxygens (including phenoxy) is 2. The lowest BCUT2D eigenvalue weighted by atomic mass is 10.1. The lowest BCUT2D eigenvalue weighted by Crippen LogP contribution is -2.40. The van der Waals surface area contributed by atoms with E-state index in [0.717, 1.165) is 0 Å². The Labute approximate surface area is 158 Å². The number of hydrogen-bond acceptors (Lipinski definition) is 6. The molecule has 0 aromatic heterocycles. The van der Waals surface area contributed by atoms with Gasteiger partial charge in [0.05, 0.1) is 12.0 Å². The van der Waals surface area contributed by atoms with Gasteiger partial charge in [0.1, 0.15) is 5.60 Å². The van der Waals surface area contributed by atoms with Crippen LogP contribution in [0.4, 0.5) is 10.5 Å². The van der Waals surface area contributed by atoms with E-state index in [1.54, 1.807) is 30.6 Å². The van der Waals surface area contributed by atoms with Crippen molar-refractivity contribution in [2.75, 3.05) is 33.3 Å². The molecule has 1 aromatic rings. The van der Waals surface area contributed by atoms with Crippen molar-refractivity contribution in [3.63, 3.8) is 0 Å². The molecule has 148 valence electrons. The van der Waals surface area contributed by atoms with E-state index in [-0.39, 0.29) is 22.9 Å². The maximum Gasteiger partial charge on any atom is 0.410 e. The molecule has 0 spiro atoms. The smallest absolute Gasteiger partial charge is 0.410 e. The second kappa shape index (κ2) is 8.24. The van der Waals surface area contributed by atoms with Gasteiger partial charge in [0.15, 0.2) is 5.75 Å². The third kappa shape index (κ3) is 5.32. The molecule has 2 amide bonds. The van der Waals surface area contributed by atoms with Crippen LogP contribution in [0.25, 0.3) is 0 Å². The maximum atomic E-state index is 12.8. The van der Waals surface area contributed by atoms with Crippen molar-refractivity contribution in [1.29, 1.82) is 0 Å². The molecule has 1 aliphatic rings. The summed E-state index contributed by atoms with van der Waals surface area (Å²) in [7, 11) is 1.34. The maximum absolute atomic E-state index is 12.8. The average Bonchev–Trinajstić information content (AvgIpc) is 2.85. The highest BCUT2D eigenvalue weighted by molar-refractivity contribution is 5.95. The molecule has 1 saturated heterocycles. The van der Waals surface area contributed by atoms with Crippen LogP contribution in [-0.2, 0) is 4.74 Å². The average molecular weight is 379 g/mol. The number of rotatable bonds is 3. The molecule has 1 fully saturated rings. The molecular formula is C18H25N3O6. The number of nitro benzene ring substituents is 1. The van der Waals surface area contributed by atoms with Crippen LogP contribution in [0.1, 0.15) is 37.6 Å². The molecule has 2 rings (SSSR count). The second-order valence-electron chi connectivity index (χ2n) is 7.26. The van der Waals surface area contributed by atoms with Gasteiger partial charge in [-0.3, -0.25) is 14.9 Å². The monoisotopic (exact) mass is 379 g/mol. The molecule has 0 saturated carbocycles. The first-order valence-electron chi connectivity index (χ1n) is 8.72. The van der Waals surface area contributed by atoms with E-state index in [9.17, 15) is 19.7 Å². The predicted octanol–water partition coefficient (Wildman–Crippen LogP) is 2.69. The van der Waals surface area contributed by atoms with Crippen molar-refractivity contribution in [2.45, 2.75) is 32.8 Å². The summed E-state index contributed by atoms with van der Waals surface area (Å²) in [6.45, 7) is 7.02. The summed E-state index contributed by atoms with van der Waals surface area (Å²) in [5.74, 6) is -0.213. The molecule has 9 heteroatoms. The Kier molecular flexibility index (Phi) is 6.24. The Morgan fingerprint density at radius 3 is 2.33 bits per heavy atom. The van der Waals surface area contributed by atoms with Crippen LogP contribution < -0.4 is 4.74 Å². The molecule has 9 nitrogen and oxygen atoms in total. The minimum Gasteiger partial charge on any atom is -0.490 e. The van der Waals surface area contributed by atoms with Crippen molar-refractivity contribution < 1.29 is 24.0 Å². The molecule has 0 N–H and O–H groups in total. The van der Waals surface area contributed by atoms with Gasteiger partial charge in [0.2, 0.25) is 0 Å². The molecule has 1 aliphatic heterocycles. The Bertz CT molecular complexity index is 728. The van der Waals surface area contributed by atoms with Crippen molar-refractivity contribution in [3.8, 4) is 5.75 Å². The topological polar surface area (TPSA) is 102 Å². The number of nitro groups is 1. The zero-order valence-electron chi connectivity index (χ0n) is 16.1. The highest BCUT2D eigenvalue weighted by Gasteiger charge is 2.27. The summed E-state index contributed by atoms with van der Waals surface area (Å²) in [6.07, 6.45) is 0.195. The first kappa shape index (κ1) is 20.5. The third-order valence-corrected chi connectivity index (χ3v) is 4.06.